The summed E-state index contributed by atoms with van der Waals surface area (Å²) in [6, 6.07) is 6.40. The Labute approximate surface area is 113 Å². The quantitative estimate of drug-likeness (QED) is 0.616. The van der Waals surface area contributed by atoms with Crippen molar-refractivity contribution in [2.45, 2.75) is 17.7 Å². The van der Waals surface area contributed by atoms with Crippen molar-refractivity contribution in [2.75, 3.05) is 26.3 Å². The van der Waals surface area contributed by atoms with Gasteiger partial charge < -0.3 is 9.57 Å². The number of nitrogens with zero attached hydrogens (tertiary/aromatic N) is 1. The van der Waals surface area contributed by atoms with Crippen molar-refractivity contribution in [3.05, 3.63) is 24.3 Å². The average molecular weight is 286 g/mol. The summed E-state index contributed by atoms with van der Waals surface area (Å²) < 4.78 is 31.4. The third-order valence-electron chi connectivity index (χ3n) is 3.00. The Morgan fingerprint density at radius 2 is 1.74 bits per heavy atom. The maximum absolute atomic E-state index is 12.3. The van der Waals surface area contributed by atoms with E-state index in [2.05, 4.69) is 4.84 Å². The number of sulfonamides is 1. The highest BCUT2D eigenvalue weighted by Gasteiger charge is 2.26. The minimum Gasteiger partial charge on any atom is -0.491 e. The van der Waals surface area contributed by atoms with Gasteiger partial charge in [-0.2, -0.15) is 4.31 Å². The highest BCUT2D eigenvalue weighted by atomic mass is 32.2. The molecule has 0 amide bonds. The second-order valence-corrected chi connectivity index (χ2v) is 6.24. The van der Waals surface area contributed by atoms with E-state index in [9.17, 15) is 8.42 Å². The Hall–Kier alpha value is -1.15. The maximum atomic E-state index is 12.3. The molecule has 0 atom stereocenters. The average Bonchev–Trinajstić information content (AvgIpc) is 2.94. The standard InChI is InChI=1S/C12H18N2O4S/c13-18-10-9-17-11-3-5-12(6-4-11)19(15,16)14-7-1-2-8-14/h3-6H,1-2,7-10,13H2. The van der Waals surface area contributed by atoms with Crippen molar-refractivity contribution in [3.63, 3.8) is 0 Å². The van der Waals surface area contributed by atoms with Crippen molar-refractivity contribution >= 4 is 10.0 Å². The lowest BCUT2D eigenvalue weighted by Crippen LogP contribution is -2.27. The van der Waals surface area contributed by atoms with Gasteiger partial charge in [0, 0.05) is 13.1 Å². The third-order valence-corrected chi connectivity index (χ3v) is 4.91. The van der Waals surface area contributed by atoms with Crippen LogP contribution in [-0.2, 0) is 14.9 Å². The van der Waals surface area contributed by atoms with E-state index in [1.807, 2.05) is 0 Å². The summed E-state index contributed by atoms with van der Waals surface area (Å²) in [5.74, 6) is 5.47. The number of nitrogens with two attached hydrogens (primary N) is 1. The molecular weight excluding hydrogens is 268 g/mol. The summed E-state index contributed by atoms with van der Waals surface area (Å²) >= 11 is 0. The molecule has 1 fully saturated rings. The molecular formula is C12H18N2O4S. The molecule has 0 spiro atoms. The predicted molar refractivity (Wildman–Crippen MR) is 70.1 cm³/mol. The molecule has 1 heterocycles. The Bertz CT molecular complexity index is 495. The molecule has 2 N–H and O–H groups in total. The fourth-order valence-corrected chi connectivity index (χ4v) is 3.51. The van der Waals surface area contributed by atoms with Crippen LogP contribution in [0.1, 0.15) is 12.8 Å². The van der Waals surface area contributed by atoms with E-state index in [1.54, 1.807) is 24.3 Å². The van der Waals surface area contributed by atoms with Crippen molar-refractivity contribution < 1.29 is 18.0 Å². The van der Waals surface area contributed by atoms with Crippen LogP contribution in [0.2, 0.25) is 0 Å². The highest BCUT2D eigenvalue weighted by Crippen LogP contribution is 2.22. The highest BCUT2D eigenvalue weighted by molar-refractivity contribution is 7.89. The number of hydrogen-bond donors (Lipinski definition) is 1. The first kappa shape index (κ1) is 14.3. The molecule has 0 aliphatic carbocycles. The molecule has 0 unspecified atom stereocenters. The van der Waals surface area contributed by atoms with Crippen LogP contribution in [0.25, 0.3) is 0 Å². The van der Waals surface area contributed by atoms with Gasteiger partial charge in [-0.1, -0.05) is 0 Å². The van der Waals surface area contributed by atoms with Crippen LogP contribution in [0.15, 0.2) is 29.2 Å². The summed E-state index contributed by atoms with van der Waals surface area (Å²) in [4.78, 5) is 4.68. The lowest BCUT2D eigenvalue weighted by Gasteiger charge is -2.15. The lowest BCUT2D eigenvalue weighted by atomic mass is 10.3. The fraction of sp³-hybridized carbons (Fsp3) is 0.500. The minimum absolute atomic E-state index is 0.286. The molecule has 19 heavy (non-hydrogen) atoms. The van der Waals surface area contributed by atoms with E-state index in [0.29, 0.717) is 30.3 Å². The van der Waals surface area contributed by atoms with Gasteiger partial charge in [0.2, 0.25) is 10.0 Å². The first-order valence-corrected chi connectivity index (χ1v) is 7.63. The van der Waals surface area contributed by atoms with E-state index in [1.165, 1.54) is 4.31 Å². The van der Waals surface area contributed by atoms with Crippen molar-refractivity contribution in [2.24, 2.45) is 5.90 Å². The summed E-state index contributed by atoms with van der Waals surface area (Å²) in [6.45, 7) is 1.82. The molecule has 0 bridgehead atoms. The molecule has 106 valence electrons. The maximum Gasteiger partial charge on any atom is 0.243 e. The van der Waals surface area contributed by atoms with E-state index in [4.69, 9.17) is 10.6 Å². The normalized spacial score (nSPS) is 16.7. The second-order valence-electron chi connectivity index (χ2n) is 4.30. The van der Waals surface area contributed by atoms with Crippen molar-refractivity contribution in [1.29, 1.82) is 0 Å². The predicted octanol–water partition coefficient (Wildman–Crippen LogP) is 0.740. The van der Waals surface area contributed by atoms with Crippen LogP contribution in [-0.4, -0.2) is 39.0 Å². The number of benzene rings is 1. The molecule has 1 aliphatic heterocycles. The second kappa shape index (κ2) is 6.33. The van der Waals surface area contributed by atoms with E-state index >= 15 is 0 Å². The van der Waals surface area contributed by atoms with Gasteiger partial charge in [0.1, 0.15) is 19.0 Å². The largest absolute Gasteiger partial charge is 0.491 e. The number of rotatable bonds is 6. The molecule has 1 saturated heterocycles. The smallest absolute Gasteiger partial charge is 0.243 e. The van der Waals surface area contributed by atoms with Gasteiger partial charge in [-0.25, -0.2) is 14.3 Å². The zero-order chi connectivity index (χ0) is 13.7. The molecule has 7 heteroatoms. The van der Waals surface area contributed by atoms with Gasteiger partial charge in [0.05, 0.1) is 4.90 Å². The van der Waals surface area contributed by atoms with Crippen LogP contribution in [0.4, 0.5) is 0 Å². The Kier molecular flexibility index (Phi) is 4.76. The first-order valence-electron chi connectivity index (χ1n) is 6.19. The van der Waals surface area contributed by atoms with Crippen molar-refractivity contribution in [1.82, 2.24) is 4.31 Å². The molecule has 0 radical (unpaired) electrons. The SMILES string of the molecule is NOCCOc1ccc(S(=O)(=O)N2CCCC2)cc1. The van der Waals surface area contributed by atoms with Crippen LogP contribution in [0.5, 0.6) is 5.75 Å². The molecule has 0 aromatic heterocycles. The zero-order valence-corrected chi connectivity index (χ0v) is 11.4. The molecule has 2 rings (SSSR count). The van der Waals surface area contributed by atoms with Gasteiger partial charge in [-0.05, 0) is 37.1 Å². The summed E-state index contributed by atoms with van der Waals surface area (Å²) in [5, 5.41) is 0. The Balaban J connectivity index is 2.05. The molecule has 6 nitrogen and oxygen atoms in total. The number of hydrogen-bond acceptors (Lipinski definition) is 5. The Morgan fingerprint density at radius 1 is 1.11 bits per heavy atom. The van der Waals surface area contributed by atoms with Gasteiger partial charge >= 0.3 is 0 Å². The summed E-state index contributed by atoms with van der Waals surface area (Å²) in [7, 11) is -3.35. The summed E-state index contributed by atoms with van der Waals surface area (Å²) in [5.41, 5.74) is 0. The first-order chi connectivity index (χ1) is 9.14. The van der Waals surface area contributed by atoms with Gasteiger partial charge in [-0.3, -0.25) is 0 Å². The van der Waals surface area contributed by atoms with Crippen LogP contribution in [0.3, 0.4) is 0 Å². The van der Waals surface area contributed by atoms with Crippen LogP contribution < -0.4 is 10.6 Å². The minimum atomic E-state index is -3.35. The molecule has 1 aromatic rings. The van der Waals surface area contributed by atoms with Crippen molar-refractivity contribution in [3.8, 4) is 5.75 Å². The molecule has 1 aromatic carbocycles. The van der Waals surface area contributed by atoms with E-state index < -0.39 is 10.0 Å². The number of ether oxygens (including phenoxy) is 1. The zero-order valence-electron chi connectivity index (χ0n) is 10.6. The topological polar surface area (TPSA) is 81.9 Å². The molecule has 0 saturated carbocycles. The van der Waals surface area contributed by atoms with Gasteiger partial charge in [0.15, 0.2) is 0 Å². The van der Waals surface area contributed by atoms with E-state index in [0.717, 1.165) is 12.8 Å². The lowest BCUT2D eigenvalue weighted by molar-refractivity contribution is 0.102. The van der Waals surface area contributed by atoms with Crippen LogP contribution >= 0.6 is 0 Å². The summed E-state index contributed by atoms with van der Waals surface area (Å²) in [6.07, 6.45) is 1.86. The monoisotopic (exact) mass is 286 g/mol. The van der Waals surface area contributed by atoms with Crippen LogP contribution in [0, 0.1) is 0 Å². The third kappa shape index (κ3) is 3.44. The Morgan fingerprint density at radius 3 is 2.32 bits per heavy atom. The fourth-order valence-electron chi connectivity index (χ4n) is 1.99. The van der Waals surface area contributed by atoms with E-state index in [-0.39, 0.29) is 6.61 Å². The van der Waals surface area contributed by atoms with Gasteiger partial charge in [0.25, 0.3) is 0 Å². The van der Waals surface area contributed by atoms with Gasteiger partial charge in [-0.15, -0.1) is 0 Å². The molecule has 1 aliphatic rings.